The van der Waals surface area contributed by atoms with Gasteiger partial charge in [-0.3, -0.25) is 0 Å². The molecular weight excluding hydrogens is 749 g/mol. The average Bonchev–Trinajstić information content (AvgIpc) is 3.68. The van der Waals surface area contributed by atoms with E-state index in [2.05, 4.69) is 252 Å². The molecule has 290 valence electrons. The zero-order valence-electron chi connectivity index (χ0n) is 34.0. The van der Waals surface area contributed by atoms with Crippen molar-refractivity contribution in [3.8, 4) is 39.1 Å². The largest absolute Gasteiger partial charge is 0.310 e. The van der Waals surface area contributed by atoms with Crippen molar-refractivity contribution in [2.75, 3.05) is 4.90 Å². The number of hydrogen-bond donors (Lipinski definition) is 0. The van der Waals surface area contributed by atoms with Gasteiger partial charge in [-0.05, 0) is 127 Å². The van der Waals surface area contributed by atoms with Crippen LogP contribution < -0.4 is 4.90 Å². The smallest absolute Gasteiger partial charge is 0.0541 e. The third kappa shape index (κ3) is 5.88. The summed E-state index contributed by atoms with van der Waals surface area (Å²) in [6, 6.07) is 88.3. The molecule has 0 saturated carbocycles. The molecule has 2 heteroatoms. The van der Waals surface area contributed by atoms with Crippen LogP contribution in [0.25, 0.3) is 93.2 Å². The average molecular weight is 789 g/mol. The van der Waals surface area contributed by atoms with Crippen molar-refractivity contribution in [2.45, 2.75) is 0 Å². The van der Waals surface area contributed by atoms with Gasteiger partial charge in [0.15, 0.2) is 0 Å². The predicted octanol–water partition coefficient (Wildman–Crippen LogP) is 16.7. The molecule has 11 aromatic carbocycles. The van der Waals surface area contributed by atoms with Crippen LogP contribution in [0.2, 0.25) is 0 Å². The second-order valence-electron chi connectivity index (χ2n) is 16.1. The van der Waals surface area contributed by atoms with E-state index in [1.165, 1.54) is 93.2 Å². The highest BCUT2D eigenvalue weighted by molar-refractivity contribution is 6.21. The predicted molar refractivity (Wildman–Crippen MR) is 264 cm³/mol. The molecule has 1 aromatic heterocycles. The highest BCUT2D eigenvalue weighted by Crippen LogP contribution is 2.46. The van der Waals surface area contributed by atoms with Crippen molar-refractivity contribution in [3.63, 3.8) is 0 Å². The van der Waals surface area contributed by atoms with Gasteiger partial charge in [0.05, 0.1) is 16.7 Å². The third-order valence-corrected chi connectivity index (χ3v) is 12.5. The van der Waals surface area contributed by atoms with E-state index in [-0.39, 0.29) is 0 Å². The molecule has 0 spiro atoms. The molecule has 12 rings (SSSR count). The van der Waals surface area contributed by atoms with Gasteiger partial charge in [0, 0.05) is 33.2 Å². The van der Waals surface area contributed by atoms with E-state index in [4.69, 9.17) is 0 Å². The Hall–Kier alpha value is -8.20. The van der Waals surface area contributed by atoms with Crippen molar-refractivity contribution in [1.29, 1.82) is 0 Å². The maximum absolute atomic E-state index is 2.39. The minimum atomic E-state index is 1.10. The summed E-state index contributed by atoms with van der Waals surface area (Å²) in [5.41, 5.74) is 14.3. The number of para-hydroxylation sites is 3. The fraction of sp³-hybridized carbons (Fsp3) is 0. The van der Waals surface area contributed by atoms with Crippen molar-refractivity contribution in [1.82, 2.24) is 4.57 Å². The van der Waals surface area contributed by atoms with Crippen LogP contribution in [0.3, 0.4) is 0 Å². The first-order chi connectivity index (χ1) is 30.8. The molecule has 0 atom stereocenters. The molecule has 0 aliphatic heterocycles. The minimum absolute atomic E-state index is 1.10. The molecule has 0 radical (unpaired) electrons. The summed E-state index contributed by atoms with van der Waals surface area (Å²) >= 11 is 0. The lowest BCUT2D eigenvalue weighted by Crippen LogP contribution is -2.10. The van der Waals surface area contributed by atoms with Gasteiger partial charge in [-0.25, -0.2) is 0 Å². The Bertz CT molecular complexity index is 3550. The Morgan fingerprint density at radius 3 is 1.42 bits per heavy atom. The molecule has 0 aliphatic rings. The van der Waals surface area contributed by atoms with Crippen molar-refractivity contribution in [3.05, 3.63) is 243 Å². The molecule has 0 aliphatic carbocycles. The van der Waals surface area contributed by atoms with Gasteiger partial charge in [0.25, 0.3) is 0 Å². The maximum atomic E-state index is 2.39. The molecule has 0 unspecified atom stereocenters. The molecule has 0 saturated heterocycles. The van der Waals surface area contributed by atoms with Crippen LogP contribution in [0.5, 0.6) is 0 Å². The van der Waals surface area contributed by atoms with Gasteiger partial charge in [-0.1, -0.05) is 176 Å². The number of hydrogen-bond acceptors (Lipinski definition) is 1. The highest BCUT2D eigenvalue weighted by atomic mass is 15.1. The van der Waals surface area contributed by atoms with Crippen molar-refractivity contribution >= 4 is 71.2 Å². The number of rotatable bonds is 7. The molecule has 0 N–H and O–H groups in total. The highest BCUT2D eigenvalue weighted by Gasteiger charge is 2.20. The molecule has 62 heavy (non-hydrogen) atoms. The van der Waals surface area contributed by atoms with Crippen LogP contribution >= 0.6 is 0 Å². The summed E-state index contributed by atoms with van der Waals surface area (Å²) in [5, 5.41) is 9.93. The van der Waals surface area contributed by atoms with Crippen LogP contribution in [0.4, 0.5) is 17.1 Å². The number of nitrogens with zero attached hydrogens (tertiary/aromatic N) is 2. The standard InChI is InChI=1S/C60H40N2/c1-4-17-41(18-5-1)59-51-25-10-12-27-53(51)60(54-28-13-11-26-52(54)59)42-31-35-48(36-32-42)61(46-20-6-2-7-21-46)56-30-16-19-45-39-43(33-37-49(45)56)44-34-38-58-55(40-44)50-24-14-15-29-57(50)62(58)47-22-8-3-9-23-47/h1-40H. The SMILES string of the molecule is c1ccc(-c2c3ccccc3c(-c3ccc(N(c4ccccc4)c4cccc5cc(-c6ccc7c(c6)c6ccccc6n7-c6ccccc6)ccc45)cc3)c3ccccc23)cc1. The van der Waals surface area contributed by atoms with Gasteiger partial charge in [-0.2, -0.15) is 0 Å². The normalized spacial score (nSPS) is 11.5. The van der Waals surface area contributed by atoms with Crippen LogP contribution in [0, 0.1) is 0 Å². The van der Waals surface area contributed by atoms with Crippen LogP contribution in [0.15, 0.2) is 243 Å². The molecule has 1 heterocycles. The van der Waals surface area contributed by atoms with Gasteiger partial charge < -0.3 is 9.47 Å². The fourth-order valence-corrected chi connectivity index (χ4v) is 9.79. The van der Waals surface area contributed by atoms with Gasteiger partial charge in [-0.15, -0.1) is 0 Å². The minimum Gasteiger partial charge on any atom is -0.310 e. The first kappa shape index (κ1) is 35.7. The molecule has 2 nitrogen and oxygen atoms in total. The van der Waals surface area contributed by atoms with E-state index >= 15 is 0 Å². The Morgan fingerprint density at radius 1 is 0.274 bits per heavy atom. The maximum Gasteiger partial charge on any atom is 0.0541 e. The van der Waals surface area contributed by atoms with E-state index < -0.39 is 0 Å². The summed E-state index contributed by atoms with van der Waals surface area (Å²) in [4.78, 5) is 2.39. The Morgan fingerprint density at radius 2 is 0.758 bits per heavy atom. The summed E-state index contributed by atoms with van der Waals surface area (Å²) in [6.07, 6.45) is 0. The second-order valence-corrected chi connectivity index (χ2v) is 16.1. The molecular formula is C60H40N2. The van der Waals surface area contributed by atoms with E-state index in [0.29, 0.717) is 0 Å². The molecule has 0 bridgehead atoms. The summed E-state index contributed by atoms with van der Waals surface area (Å²) in [6.45, 7) is 0. The number of benzene rings is 11. The summed E-state index contributed by atoms with van der Waals surface area (Å²) in [7, 11) is 0. The first-order valence-electron chi connectivity index (χ1n) is 21.3. The third-order valence-electron chi connectivity index (χ3n) is 12.5. The van der Waals surface area contributed by atoms with Crippen molar-refractivity contribution in [2.24, 2.45) is 0 Å². The van der Waals surface area contributed by atoms with Gasteiger partial charge in [0.1, 0.15) is 0 Å². The Balaban J connectivity index is 0.967. The second kappa shape index (κ2) is 14.8. The Labute approximate surface area is 360 Å². The molecule has 12 aromatic rings. The van der Waals surface area contributed by atoms with E-state index in [0.717, 1.165) is 17.1 Å². The van der Waals surface area contributed by atoms with Gasteiger partial charge >= 0.3 is 0 Å². The quantitative estimate of drug-likeness (QED) is 0.146. The monoisotopic (exact) mass is 788 g/mol. The molecule has 0 amide bonds. The fourth-order valence-electron chi connectivity index (χ4n) is 9.79. The van der Waals surface area contributed by atoms with E-state index in [9.17, 15) is 0 Å². The van der Waals surface area contributed by atoms with Crippen molar-refractivity contribution < 1.29 is 0 Å². The van der Waals surface area contributed by atoms with Crippen LogP contribution in [0.1, 0.15) is 0 Å². The zero-order chi connectivity index (χ0) is 41.0. The number of fused-ring (bicyclic) bond motifs is 6. The summed E-state index contributed by atoms with van der Waals surface area (Å²) in [5.74, 6) is 0. The Kier molecular flexibility index (Phi) is 8.53. The summed E-state index contributed by atoms with van der Waals surface area (Å²) < 4.78 is 2.37. The van der Waals surface area contributed by atoms with Gasteiger partial charge in [0.2, 0.25) is 0 Å². The lowest BCUT2D eigenvalue weighted by Gasteiger charge is -2.27. The number of aromatic nitrogens is 1. The van der Waals surface area contributed by atoms with Crippen LogP contribution in [-0.2, 0) is 0 Å². The topological polar surface area (TPSA) is 8.17 Å². The first-order valence-corrected chi connectivity index (χ1v) is 21.3. The van der Waals surface area contributed by atoms with E-state index in [1.54, 1.807) is 0 Å². The lowest BCUT2D eigenvalue weighted by molar-refractivity contribution is 1.18. The van der Waals surface area contributed by atoms with Crippen LogP contribution in [-0.4, -0.2) is 4.57 Å². The molecule has 0 fully saturated rings. The lowest BCUT2D eigenvalue weighted by atomic mass is 9.86. The number of anilines is 3. The zero-order valence-corrected chi connectivity index (χ0v) is 34.0. The van der Waals surface area contributed by atoms with E-state index in [1.807, 2.05) is 0 Å².